The van der Waals surface area contributed by atoms with Gasteiger partial charge in [0, 0.05) is 19.5 Å². The first-order chi connectivity index (χ1) is 6.52. The molecule has 0 aliphatic carbocycles. The first-order valence-corrected chi connectivity index (χ1v) is 5.47. The van der Waals surface area contributed by atoms with E-state index in [4.69, 9.17) is 5.73 Å². The summed E-state index contributed by atoms with van der Waals surface area (Å²) in [7, 11) is 1.88. The second-order valence-corrected chi connectivity index (χ2v) is 4.21. The van der Waals surface area contributed by atoms with Gasteiger partial charge in [-0.2, -0.15) is 0 Å². The van der Waals surface area contributed by atoms with Crippen LogP contribution in [0, 0.1) is 11.8 Å². The molecule has 0 aromatic carbocycles. The molecule has 0 saturated carbocycles. The topological polar surface area (TPSA) is 46.3 Å². The minimum Gasteiger partial charge on any atom is -0.345 e. The molecule has 0 saturated heterocycles. The summed E-state index contributed by atoms with van der Waals surface area (Å²) in [5.74, 6) is 0.860. The van der Waals surface area contributed by atoms with Crippen LogP contribution in [0.4, 0.5) is 0 Å². The third-order valence-electron chi connectivity index (χ3n) is 2.68. The van der Waals surface area contributed by atoms with Gasteiger partial charge in [-0.05, 0) is 18.9 Å². The van der Waals surface area contributed by atoms with Crippen molar-refractivity contribution in [3.05, 3.63) is 0 Å². The van der Waals surface area contributed by atoms with Crippen LogP contribution in [-0.2, 0) is 4.79 Å². The van der Waals surface area contributed by atoms with Gasteiger partial charge in [0.15, 0.2) is 0 Å². The van der Waals surface area contributed by atoms with Gasteiger partial charge in [-0.15, -0.1) is 0 Å². The lowest BCUT2D eigenvalue weighted by atomic mass is 10.0. The van der Waals surface area contributed by atoms with Crippen molar-refractivity contribution < 1.29 is 4.79 Å². The van der Waals surface area contributed by atoms with Crippen LogP contribution in [0.3, 0.4) is 0 Å². The molecule has 2 unspecified atom stereocenters. The Balaban J connectivity index is 3.98. The molecule has 0 heterocycles. The zero-order valence-corrected chi connectivity index (χ0v) is 9.92. The Hall–Kier alpha value is -0.570. The van der Waals surface area contributed by atoms with E-state index in [1.54, 1.807) is 0 Å². The van der Waals surface area contributed by atoms with Crippen LogP contribution >= 0.6 is 0 Å². The van der Waals surface area contributed by atoms with Gasteiger partial charge in [-0.25, -0.2) is 0 Å². The van der Waals surface area contributed by atoms with E-state index in [0.717, 1.165) is 19.4 Å². The van der Waals surface area contributed by atoms with Crippen LogP contribution in [-0.4, -0.2) is 30.9 Å². The Morgan fingerprint density at radius 1 is 1.43 bits per heavy atom. The van der Waals surface area contributed by atoms with Gasteiger partial charge < -0.3 is 10.6 Å². The Morgan fingerprint density at radius 3 is 2.43 bits per heavy atom. The van der Waals surface area contributed by atoms with Crippen molar-refractivity contribution in [1.82, 2.24) is 4.90 Å². The number of carbonyl (C=O) groups excluding carboxylic acids is 1. The Kier molecular flexibility index (Phi) is 6.54. The Morgan fingerprint density at radius 2 is 2.00 bits per heavy atom. The maximum absolute atomic E-state index is 11.8. The van der Waals surface area contributed by atoms with Gasteiger partial charge in [-0.3, -0.25) is 4.79 Å². The molecular weight excluding hydrogens is 176 g/mol. The summed E-state index contributed by atoms with van der Waals surface area (Å²) in [5, 5.41) is 0. The fraction of sp³-hybridized carbons (Fsp3) is 0.909. The van der Waals surface area contributed by atoms with Crippen LogP contribution < -0.4 is 5.73 Å². The smallest absolute Gasteiger partial charge is 0.225 e. The van der Waals surface area contributed by atoms with Gasteiger partial charge in [0.25, 0.3) is 0 Å². The number of nitrogens with zero attached hydrogens (tertiary/aromatic N) is 1. The number of rotatable bonds is 6. The monoisotopic (exact) mass is 200 g/mol. The highest BCUT2D eigenvalue weighted by atomic mass is 16.2. The summed E-state index contributed by atoms with van der Waals surface area (Å²) in [4.78, 5) is 13.6. The molecular formula is C11H24N2O. The standard InChI is InChI=1S/C11H24N2O/c1-5-9(2)8-13(4)11(14)10(3)6-7-12/h9-10H,5-8,12H2,1-4H3. The zero-order chi connectivity index (χ0) is 11.1. The molecule has 2 atom stereocenters. The van der Waals surface area contributed by atoms with Gasteiger partial charge in [0.2, 0.25) is 5.91 Å². The second-order valence-electron chi connectivity index (χ2n) is 4.21. The number of nitrogens with two attached hydrogens (primary N) is 1. The van der Waals surface area contributed by atoms with Crippen LogP contribution in [0.5, 0.6) is 0 Å². The summed E-state index contributed by atoms with van der Waals surface area (Å²) >= 11 is 0. The molecule has 3 heteroatoms. The minimum atomic E-state index is 0.0639. The molecule has 0 aromatic rings. The largest absolute Gasteiger partial charge is 0.345 e. The Bertz CT molecular complexity index is 171. The molecule has 0 aliphatic rings. The van der Waals surface area contributed by atoms with Gasteiger partial charge in [0.05, 0.1) is 0 Å². The van der Waals surface area contributed by atoms with E-state index in [0.29, 0.717) is 12.5 Å². The molecule has 3 nitrogen and oxygen atoms in total. The summed E-state index contributed by atoms with van der Waals surface area (Å²) in [6, 6.07) is 0. The number of amides is 1. The van der Waals surface area contributed by atoms with E-state index in [-0.39, 0.29) is 11.8 Å². The van der Waals surface area contributed by atoms with Crippen molar-refractivity contribution in [1.29, 1.82) is 0 Å². The lowest BCUT2D eigenvalue weighted by Crippen LogP contribution is -2.35. The van der Waals surface area contributed by atoms with E-state index >= 15 is 0 Å². The van der Waals surface area contributed by atoms with Crippen molar-refractivity contribution >= 4 is 5.91 Å². The first-order valence-electron chi connectivity index (χ1n) is 5.47. The molecule has 0 spiro atoms. The van der Waals surface area contributed by atoms with Crippen LogP contribution in [0.1, 0.15) is 33.6 Å². The third-order valence-corrected chi connectivity index (χ3v) is 2.68. The fourth-order valence-corrected chi connectivity index (χ4v) is 1.44. The second kappa shape index (κ2) is 6.82. The molecule has 1 amide bonds. The van der Waals surface area contributed by atoms with Crippen LogP contribution in [0.25, 0.3) is 0 Å². The zero-order valence-electron chi connectivity index (χ0n) is 9.92. The molecule has 0 fully saturated rings. The average molecular weight is 200 g/mol. The molecule has 0 aliphatic heterocycles. The molecule has 0 rings (SSSR count). The van der Waals surface area contributed by atoms with Crippen molar-refractivity contribution in [3.8, 4) is 0 Å². The van der Waals surface area contributed by atoms with Crippen molar-refractivity contribution in [3.63, 3.8) is 0 Å². The fourth-order valence-electron chi connectivity index (χ4n) is 1.44. The average Bonchev–Trinajstić information content (AvgIpc) is 2.16. The summed E-state index contributed by atoms with van der Waals surface area (Å²) < 4.78 is 0. The predicted octanol–water partition coefficient (Wildman–Crippen LogP) is 1.48. The van der Waals surface area contributed by atoms with Crippen LogP contribution in [0.2, 0.25) is 0 Å². The summed E-state index contributed by atoms with van der Waals surface area (Å²) in [5.41, 5.74) is 5.42. The lowest BCUT2D eigenvalue weighted by molar-refractivity contribution is -0.134. The lowest BCUT2D eigenvalue weighted by Gasteiger charge is -2.23. The van der Waals surface area contributed by atoms with E-state index in [1.807, 2.05) is 18.9 Å². The number of carbonyl (C=O) groups is 1. The number of hydrogen-bond acceptors (Lipinski definition) is 2. The van der Waals surface area contributed by atoms with E-state index in [1.165, 1.54) is 0 Å². The highest BCUT2D eigenvalue weighted by Crippen LogP contribution is 2.08. The van der Waals surface area contributed by atoms with Crippen molar-refractivity contribution in [2.75, 3.05) is 20.1 Å². The van der Waals surface area contributed by atoms with Gasteiger partial charge >= 0.3 is 0 Å². The molecule has 14 heavy (non-hydrogen) atoms. The highest BCUT2D eigenvalue weighted by Gasteiger charge is 2.17. The first kappa shape index (κ1) is 13.4. The third kappa shape index (κ3) is 4.61. The molecule has 84 valence electrons. The van der Waals surface area contributed by atoms with Crippen molar-refractivity contribution in [2.45, 2.75) is 33.6 Å². The molecule has 0 aromatic heterocycles. The quantitative estimate of drug-likeness (QED) is 0.706. The van der Waals surface area contributed by atoms with E-state index < -0.39 is 0 Å². The summed E-state index contributed by atoms with van der Waals surface area (Å²) in [6.45, 7) is 7.69. The normalized spacial score (nSPS) is 14.9. The predicted molar refractivity (Wildman–Crippen MR) is 59.9 cm³/mol. The molecule has 0 radical (unpaired) electrons. The molecule has 0 bridgehead atoms. The Labute approximate surface area is 87.6 Å². The summed E-state index contributed by atoms with van der Waals surface area (Å²) in [6.07, 6.45) is 1.90. The van der Waals surface area contributed by atoms with Gasteiger partial charge in [0.1, 0.15) is 0 Å². The van der Waals surface area contributed by atoms with Crippen molar-refractivity contribution in [2.24, 2.45) is 17.6 Å². The number of hydrogen-bond donors (Lipinski definition) is 1. The van der Waals surface area contributed by atoms with E-state index in [2.05, 4.69) is 13.8 Å². The van der Waals surface area contributed by atoms with E-state index in [9.17, 15) is 4.79 Å². The van der Waals surface area contributed by atoms with Gasteiger partial charge in [-0.1, -0.05) is 27.2 Å². The molecule has 2 N–H and O–H groups in total. The van der Waals surface area contributed by atoms with Crippen LogP contribution in [0.15, 0.2) is 0 Å². The SMILES string of the molecule is CCC(C)CN(C)C(=O)C(C)CCN. The highest BCUT2D eigenvalue weighted by molar-refractivity contribution is 5.78. The maximum atomic E-state index is 11.8. The maximum Gasteiger partial charge on any atom is 0.225 e. The minimum absolute atomic E-state index is 0.0639.